The number of ether oxygens (including phenoxy) is 1. The molecule has 0 radical (unpaired) electrons. The van der Waals surface area contributed by atoms with Crippen LogP contribution in [0.15, 0.2) is 47.4 Å². The Labute approximate surface area is 209 Å². The predicted molar refractivity (Wildman–Crippen MR) is 123 cm³/mol. The molecule has 0 spiro atoms. The molecule has 0 aliphatic carbocycles. The number of H-pyrrole nitrogens is 1. The zero-order chi connectivity index (χ0) is 26.6. The van der Waals surface area contributed by atoms with E-state index < -0.39 is 17.7 Å². The van der Waals surface area contributed by atoms with Gasteiger partial charge in [-0.3, -0.25) is 9.89 Å². The standard InChI is InChI=1S/C19H12Cl2N6O2.C2HF3O2/c20-11-5-10(8-22)6-12(7-11)29-17-14(21)3-4-27(19(17)28)9-15-13-1-2-16(23)24-18(13)26-25-15;3-2(4,5)1(6)7/h1-7H,9H2,(H3,23,24,25,26);(H,6,7). The lowest BCUT2D eigenvalue weighted by molar-refractivity contribution is -0.192. The molecule has 4 rings (SSSR count). The van der Waals surface area contributed by atoms with Crippen LogP contribution in [0.2, 0.25) is 10.0 Å². The first-order valence-corrected chi connectivity index (χ1v) is 10.3. The van der Waals surface area contributed by atoms with Crippen molar-refractivity contribution in [2.45, 2.75) is 12.7 Å². The molecule has 0 amide bonds. The summed E-state index contributed by atoms with van der Waals surface area (Å²) in [6.45, 7) is 0.188. The number of nitrogen functional groups attached to an aromatic ring is 1. The lowest BCUT2D eigenvalue weighted by Crippen LogP contribution is -2.21. The molecule has 186 valence electrons. The van der Waals surface area contributed by atoms with E-state index in [2.05, 4.69) is 15.2 Å². The highest BCUT2D eigenvalue weighted by atomic mass is 35.5. The van der Waals surface area contributed by atoms with E-state index in [4.69, 9.17) is 48.8 Å². The molecule has 0 saturated heterocycles. The molecule has 0 fully saturated rings. The van der Waals surface area contributed by atoms with Gasteiger partial charge in [0.25, 0.3) is 5.56 Å². The largest absolute Gasteiger partial charge is 0.490 e. The average Bonchev–Trinajstić information content (AvgIpc) is 3.19. The van der Waals surface area contributed by atoms with Gasteiger partial charge in [-0.25, -0.2) is 9.78 Å². The Balaban J connectivity index is 0.000000454. The fourth-order valence-corrected chi connectivity index (χ4v) is 3.21. The molecule has 0 unspecified atom stereocenters. The Hall–Kier alpha value is -4.28. The van der Waals surface area contributed by atoms with E-state index in [1.807, 2.05) is 6.07 Å². The topological polar surface area (TPSA) is 160 Å². The number of anilines is 1. The number of carboxylic acid groups (broad SMARTS) is 1. The number of nitrogens with two attached hydrogens (primary N) is 1. The summed E-state index contributed by atoms with van der Waals surface area (Å²) in [6, 6.07) is 11.4. The molecule has 3 heterocycles. The van der Waals surface area contributed by atoms with Crippen LogP contribution in [-0.2, 0) is 11.3 Å². The second-order valence-corrected chi connectivity index (χ2v) is 7.77. The molecule has 3 aromatic heterocycles. The van der Waals surface area contributed by atoms with Crippen LogP contribution >= 0.6 is 23.2 Å². The van der Waals surface area contributed by atoms with Crippen molar-refractivity contribution in [1.29, 1.82) is 5.26 Å². The van der Waals surface area contributed by atoms with Crippen molar-refractivity contribution in [1.82, 2.24) is 19.7 Å². The number of aliphatic carboxylic acids is 1. The smallest absolute Gasteiger partial charge is 0.475 e. The van der Waals surface area contributed by atoms with Gasteiger partial charge in [-0.1, -0.05) is 23.2 Å². The maximum atomic E-state index is 12.9. The summed E-state index contributed by atoms with van der Waals surface area (Å²) in [5.74, 6) is -2.25. The monoisotopic (exact) mass is 540 g/mol. The zero-order valence-corrected chi connectivity index (χ0v) is 19.2. The van der Waals surface area contributed by atoms with Crippen LogP contribution in [0, 0.1) is 11.3 Å². The van der Waals surface area contributed by atoms with Crippen LogP contribution in [0.1, 0.15) is 11.3 Å². The number of pyridine rings is 2. The number of nitrogens with zero attached hydrogens (tertiary/aromatic N) is 4. The third-order valence-corrected chi connectivity index (χ3v) is 4.90. The van der Waals surface area contributed by atoms with E-state index in [1.165, 1.54) is 22.8 Å². The fourth-order valence-electron chi connectivity index (χ4n) is 2.81. The van der Waals surface area contributed by atoms with Crippen molar-refractivity contribution in [3.05, 3.63) is 74.3 Å². The van der Waals surface area contributed by atoms with Crippen LogP contribution in [0.25, 0.3) is 11.0 Å². The number of nitrogens with one attached hydrogen (secondary N) is 1. The van der Waals surface area contributed by atoms with E-state index in [0.29, 0.717) is 27.7 Å². The third kappa shape index (κ3) is 6.23. The number of carbonyl (C=O) groups is 1. The highest BCUT2D eigenvalue weighted by molar-refractivity contribution is 6.32. The second kappa shape index (κ2) is 10.5. The first-order chi connectivity index (χ1) is 16.9. The van der Waals surface area contributed by atoms with Crippen LogP contribution in [0.3, 0.4) is 0 Å². The van der Waals surface area contributed by atoms with Gasteiger partial charge in [0.15, 0.2) is 5.65 Å². The highest BCUT2D eigenvalue weighted by Crippen LogP contribution is 2.29. The molecule has 15 heteroatoms. The quantitative estimate of drug-likeness (QED) is 0.344. The highest BCUT2D eigenvalue weighted by Gasteiger charge is 2.38. The predicted octanol–water partition coefficient (Wildman–Crippen LogP) is 4.35. The van der Waals surface area contributed by atoms with Gasteiger partial charge in [0.05, 0.1) is 28.9 Å². The molecule has 1 aromatic carbocycles. The van der Waals surface area contributed by atoms with Gasteiger partial charge in [0.2, 0.25) is 5.75 Å². The normalized spacial score (nSPS) is 10.9. The van der Waals surface area contributed by atoms with Gasteiger partial charge in [-0.2, -0.15) is 23.5 Å². The summed E-state index contributed by atoms with van der Waals surface area (Å²) in [5, 5.41) is 24.4. The number of alkyl halides is 3. The van der Waals surface area contributed by atoms with Crippen molar-refractivity contribution < 1.29 is 27.8 Å². The van der Waals surface area contributed by atoms with Crippen molar-refractivity contribution >= 4 is 46.0 Å². The van der Waals surface area contributed by atoms with Crippen molar-refractivity contribution in [3.8, 4) is 17.6 Å². The molecule has 36 heavy (non-hydrogen) atoms. The van der Waals surface area contributed by atoms with Gasteiger partial charge in [0, 0.05) is 16.6 Å². The van der Waals surface area contributed by atoms with Crippen molar-refractivity contribution in [2.24, 2.45) is 0 Å². The van der Waals surface area contributed by atoms with E-state index >= 15 is 0 Å². The van der Waals surface area contributed by atoms with Crippen LogP contribution in [0.5, 0.6) is 11.5 Å². The number of nitriles is 1. The number of fused-ring (bicyclic) bond motifs is 1. The second-order valence-electron chi connectivity index (χ2n) is 6.93. The minimum absolute atomic E-state index is 0.0773. The van der Waals surface area contributed by atoms with E-state index in [0.717, 1.165) is 5.39 Å². The Kier molecular flexibility index (Phi) is 7.71. The molecule has 4 aromatic rings. The van der Waals surface area contributed by atoms with Gasteiger partial charge in [0.1, 0.15) is 11.6 Å². The summed E-state index contributed by atoms with van der Waals surface area (Å²) in [5.41, 5.74) is 6.65. The Morgan fingerprint density at radius 1 is 1.25 bits per heavy atom. The summed E-state index contributed by atoms with van der Waals surface area (Å²) in [6.07, 6.45) is -3.53. The molecular formula is C21H13Cl2F3N6O4. The van der Waals surface area contributed by atoms with Gasteiger partial charge < -0.3 is 20.1 Å². The number of carboxylic acids is 1. The Morgan fingerprint density at radius 3 is 2.58 bits per heavy atom. The molecule has 0 atom stereocenters. The minimum Gasteiger partial charge on any atom is -0.475 e. The van der Waals surface area contributed by atoms with Crippen molar-refractivity contribution in [3.63, 3.8) is 0 Å². The number of hydrogen-bond acceptors (Lipinski definition) is 7. The molecule has 0 bridgehead atoms. The number of halogens is 5. The van der Waals surface area contributed by atoms with Crippen LogP contribution in [0.4, 0.5) is 19.0 Å². The summed E-state index contributed by atoms with van der Waals surface area (Å²) in [7, 11) is 0. The zero-order valence-electron chi connectivity index (χ0n) is 17.7. The molecule has 0 aliphatic rings. The van der Waals surface area contributed by atoms with Crippen molar-refractivity contribution in [2.75, 3.05) is 5.73 Å². The summed E-state index contributed by atoms with van der Waals surface area (Å²) >= 11 is 12.2. The lowest BCUT2D eigenvalue weighted by Gasteiger charge is -2.11. The molecule has 0 aliphatic heterocycles. The first-order valence-electron chi connectivity index (χ1n) is 9.56. The average molecular weight is 541 g/mol. The van der Waals surface area contributed by atoms with E-state index in [-0.39, 0.29) is 23.1 Å². The Morgan fingerprint density at radius 2 is 1.94 bits per heavy atom. The number of aromatic amines is 1. The number of aromatic nitrogens is 4. The fraction of sp³-hybridized carbons (Fsp3) is 0.0952. The number of benzene rings is 1. The molecule has 4 N–H and O–H groups in total. The SMILES string of the molecule is N#Cc1cc(Cl)cc(Oc2c(Cl)ccn(Cc3[nH]nc4nc(N)ccc34)c2=O)c1.O=C(O)C(F)(F)F. The molecule has 10 nitrogen and oxygen atoms in total. The van der Waals surface area contributed by atoms with E-state index in [1.54, 1.807) is 24.4 Å². The van der Waals surface area contributed by atoms with E-state index in [9.17, 15) is 18.0 Å². The van der Waals surface area contributed by atoms with Gasteiger partial charge >= 0.3 is 12.1 Å². The molecule has 0 saturated carbocycles. The number of rotatable bonds is 4. The van der Waals surface area contributed by atoms with Gasteiger partial charge in [-0.15, -0.1) is 0 Å². The van der Waals surface area contributed by atoms with Gasteiger partial charge in [-0.05, 0) is 36.4 Å². The first kappa shape index (κ1) is 26.3. The molecular weight excluding hydrogens is 528 g/mol. The number of hydrogen-bond donors (Lipinski definition) is 3. The lowest BCUT2D eigenvalue weighted by atomic mass is 10.2. The Bertz CT molecular complexity index is 1550. The maximum Gasteiger partial charge on any atom is 0.490 e. The van der Waals surface area contributed by atoms with Crippen LogP contribution < -0.4 is 16.0 Å². The maximum absolute atomic E-state index is 12.9. The van der Waals surface area contributed by atoms with Crippen LogP contribution in [-0.4, -0.2) is 37.0 Å². The summed E-state index contributed by atoms with van der Waals surface area (Å²) < 4.78 is 38.8. The third-order valence-electron chi connectivity index (χ3n) is 4.38. The minimum atomic E-state index is -5.08. The summed E-state index contributed by atoms with van der Waals surface area (Å²) in [4.78, 5) is 26.0.